The summed E-state index contributed by atoms with van der Waals surface area (Å²) in [6.45, 7) is 1.54. The van der Waals surface area contributed by atoms with Gasteiger partial charge in [0.05, 0.1) is 11.5 Å². The van der Waals surface area contributed by atoms with Crippen molar-refractivity contribution in [3.05, 3.63) is 46.7 Å². The van der Waals surface area contributed by atoms with Gasteiger partial charge in [0.1, 0.15) is 11.5 Å². The minimum Gasteiger partial charge on any atom is -0.494 e. The Morgan fingerprint density at radius 3 is 2.28 bits per heavy atom. The van der Waals surface area contributed by atoms with Gasteiger partial charge >= 0.3 is 5.97 Å². The molecule has 0 radical (unpaired) electrons. The van der Waals surface area contributed by atoms with Gasteiger partial charge in [-0.1, -0.05) is 6.07 Å². The van der Waals surface area contributed by atoms with Gasteiger partial charge in [0.2, 0.25) is 0 Å². The molecule has 8 heteroatoms. The number of benzene rings is 1. The number of carbonyl (C=O) groups is 3. The third-order valence-electron chi connectivity index (χ3n) is 2.85. The van der Waals surface area contributed by atoms with Crippen LogP contribution in [0.1, 0.15) is 16.6 Å². The van der Waals surface area contributed by atoms with E-state index in [1.54, 1.807) is 41.8 Å². The molecule has 25 heavy (non-hydrogen) atoms. The summed E-state index contributed by atoms with van der Waals surface area (Å²) in [5.41, 5.74) is 0. The monoisotopic (exact) mass is 363 g/mol. The first kappa shape index (κ1) is 18.5. The van der Waals surface area contributed by atoms with E-state index in [1.807, 2.05) is 6.92 Å². The molecule has 0 aliphatic rings. The minimum absolute atomic E-state index is 0.347. The van der Waals surface area contributed by atoms with E-state index in [1.165, 1.54) is 11.3 Å². The lowest BCUT2D eigenvalue weighted by atomic mass is 10.3. The first-order valence-electron chi connectivity index (χ1n) is 7.47. The van der Waals surface area contributed by atoms with Gasteiger partial charge in [-0.25, -0.2) is 4.79 Å². The molecule has 2 rings (SSSR count). The summed E-state index contributed by atoms with van der Waals surface area (Å²) in [6, 6.07) is 10.0. The van der Waals surface area contributed by atoms with E-state index < -0.39 is 24.4 Å². The Balaban J connectivity index is 1.68. The number of hydrogen-bond acceptors (Lipinski definition) is 7. The number of rotatable bonds is 8. The van der Waals surface area contributed by atoms with Crippen LogP contribution >= 0.6 is 11.3 Å². The number of nitrogens with one attached hydrogen (secondary N) is 1. The second-order valence-corrected chi connectivity index (χ2v) is 5.66. The average Bonchev–Trinajstić information content (AvgIpc) is 3.14. The lowest BCUT2D eigenvalue weighted by molar-refractivity contribution is -0.150. The number of carbonyl (C=O) groups excluding carboxylic acids is 3. The summed E-state index contributed by atoms with van der Waals surface area (Å²) < 4.78 is 15.3. The number of thiophene rings is 1. The predicted octanol–water partition coefficient (Wildman–Crippen LogP) is 2.03. The fourth-order valence-corrected chi connectivity index (χ4v) is 2.38. The van der Waals surface area contributed by atoms with Gasteiger partial charge in [-0.2, -0.15) is 0 Å². The largest absolute Gasteiger partial charge is 0.494 e. The van der Waals surface area contributed by atoms with Gasteiger partial charge < -0.3 is 14.2 Å². The highest BCUT2D eigenvalue weighted by atomic mass is 32.1. The zero-order chi connectivity index (χ0) is 18.1. The fourth-order valence-electron chi connectivity index (χ4n) is 1.76. The maximum Gasteiger partial charge on any atom is 0.344 e. The zero-order valence-corrected chi connectivity index (χ0v) is 14.3. The molecule has 0 saturated carbocycles. The Morgan fingerprint density at radius 2 is 1.68 bits per heavy atom. The van der Waals surface area contributed by atoms with Crippen LogP contribution < -0.4 is 14.8 Å². The van der Waals surface area contributed by atoms with Gasteiger partial charge in [0, 0.05) is 0 Å². The highest BCUT2D eigenvalue weighted by Crippen LogP contribution is 2.17. The molecule has 0 fully saturated rings. The molecule has 0 spiro atoms. The molecule has 0 aliphatic carbocycles. The minimum atomic E-state index is -0.715. The van der Waals surface area contributed by atoms with Crippen molar-refractivity contribution in [2.45, 2.75) is 6.92 Å². The normalized spacial score (nSPS) is 9.96. The van der Waals surface area contributed by atoms with Crippen LogP contribution in [-0.4, -0.2) is 37.6 Å². The van der Waals surface area contributed by atoms with Crippen LogP contribution in [0.15, 0.2) is 41.8 Å². The van der Waals surface area contributed by atoms with Gasteiger partial charge in [-0.3, -0.25) is 14.9 Å². The summed E-state index contributed by atoms with van der Waals surface area (Å²) in [6.07, 6.45) is 0. The Hall–Kier alpha value is -2.87. The third-order valence-corrected chi connectivity index (χ3v) is 3.72. The van der Waals surface area contributed by atoms with Gasteiger partial charge in [-0.15, -0.1) is 11.3 Å². The number of ether oxygens (including phenoxy) is 3. The maximum absolute atomic E-state index is 11.6. The van der Waals surface area contributed by atoms with Crippen LogP contribution in [0.3, 0.4) is 0 Å². The molecular formula is C17H17NO6S. The van der Waals surface area contributed by atoms with Crippen LogP contribution in [0, 0.1) is 0 Å². The second-order valence-electron chi connectivity index (χ2n) is 4.71. The van der Waals surface area contributed by atoms with Crippen LogP contribution in [0.25, 0.3) is 0 Å². The van der Waals surface area contributed by atoms with Crippen molar-refractivity contribution in [3.63, 3.8) is 0 Å². The van der Waals surface area contributed by atoms with Crippen molar-refractivity contribution < 1.29 is 28.6 Å². The van der Waals surface area contributed by atoms with Crippen molar-refractivity contribution in [1.82, 2.24) is 5.32 Å². The Labute approximate surface area is 148 Å². The summed E-state index contributed by atoms with van der Waals surface area (Å²) in [4.78, 5) is 35.2. The van der Waals surface area contributed by atoms with Crippen LogP contribution in [-0.2, 0) is 14.3 Å². The summed E-state index contributed by atoms with van der Waals surface area (Å²) in [5, 5.41) is 3.85. The van der Waals surface area contributed by atoms with E-state index in [2.05, 4.69) is 5.32 Å². The molecule has 0 aliphatic heterocycles. The first-order valence-corrected chi connectivity index (χ1v) is 8.35. The fraction of sp³-hybridized carbons (Fsp3) is 0.235. The summed E-state index contributed by atoms with van der Waals surface area (Å²) in [5.74, 6) is -0.774. The number of hydrogen-bond donors (Lipinski definition) is 1. The molecule has 2 amide bonds. The van der Waals surface area contributed by atoms with Crippen molar-refractivity contribution in [3.8, 4) is 11.5 Å². The number of imide groups is 1. The molecule has 0 unspecified atom stereocenters. The van der Waals surface area contributed by atoms with Crippen molar-refractivity contribution >= 4 is 29.1 Å². The molecule has 7 nitrogen and oxygen atoms in total. The molecule has 1 heterocycles. The van der Waals surface area contributed by atoms with E-state index in [0.29, 0.717) is 23.0 Å². The Bertz CT molecular complexity index is 711. The first-order chi connectivity index (χ1) is 12.1. The lowest BCUT2D eigenvalue weighted by Gasteiger charge is -2.08. The van der Waals surface area contributed by atoms with Crippen molar-refractivity contribution in [2.75, 3.05) is 19.8 Å². The van der Waals surface area contributed by atoms with Crippen LogP contribution in [0.5, 0.6) is 11.5 Å². The molecule has 1 aromatic carbocycles. The van der Waals surface area contributed by atoms with E-state index in [-0.39, 0.29) is 6.61 Å². The van der Waals surface area contributed by atoms with Crippen LogP contribution in [0.4, 0.5) is 0 Å². The van der Waals surface area contributed by atoms with Crippen LogP contribution in [0.2, 0.25) is 0 Å². The molecule has 132 valence electrons. The summed E-state index contributed by atoms with van der Waals surface area (Å²) >= 11 is 1.21. The van der Waals surface area contributed by atoms with E-state index >= 15 is 0 Å². The van der Waals surface area contributed by atoms with Crippen molar-refractivity contribution in [1.29, 1.82) is 0 Å². The number of amides is 2. The van der Waals surface area contributed by atoms with E-state index in [0.717, 1.165) is 0 Å². The molecule has 0 atom stereocenters. The smallest absolute Gasteiger partial charge is 0.344 e. The predicted molar refractivity (Wildman–Crippen MR) is 90.9 cm³/mol. The highest BCUT2D eigenvalue weighted by Gasteiger charge is 2.13. The van der Waals surface area contributed by atoms with Gasteiger partial charge in [-0.05, 0) is 42.6 Å². The number of esters is 1. The standard InChI is InChI=1S/C17H17NO6S/c1-2-22-12-5-7-13(8-6-12)23-11-16(20)24-10-15(19)18-17(21)14-4-3-9-25-14/h3-9H,2,10-11H2,1H3,(H,18,19,21). The quantitative estimate of drug-likeness (QED) is 0.722. The molecule has 2 aromatic rings. The average molecular weight is 363 g/mol. The molecule has 1 N–H and O–H groups in total. The SMILES string of the molecule is CCOc1ccc(OCC(=O)OCC(=O)NC(=O)c2cccs2)cc1. The zero-order valence-electron chi connectivity index (χ0n) is 13.5. The highest BCUT2D eigenvalue weighted by molar-refractivity contribution is 7.12. The van der Waals surface area contributed by atoms with Crippen molar-refractivity contribution in [2.24, 2.45) is 0 Å². The van der Waals surface area contributed by atoms with E-state index in [9.17, 15) is 14.4 Å². The summed E-state index contributed by atoms with van der Waals surface area (Å²) in [7, 11) is 0. The van der Waals surface area contributed by atoms with Gasteiger partial charge in [0.15, 0.2) is 13.2 Å². The topological polar surface area (TPSA) is 90.9 Å². The Kier molecular flexibility index (Phi) is 6.97. The third kappa shape index (κ3) is 6.27. The van der Waals surface area contributed by atoms with Gasteiger partial charge in [0.25, 0.3) is 11.8 Å². The lowest BCUT2D eigenvalue weighted by Crippen LogP contribution is -2.34. The van der Waals surface area contributed by atoms with E-state index in [4.69, 9.17) is 14.2 Å². The second kappa shape index (κ2) is 9.43. The molecule has 0 saturated heterocycles. The molecule has 1 aromatic heterocycles. The Morgan fingerprint density at radius 1 is 1.00 bits per heavy atom. The maximum atomic E-state index is 11.6. The molecule has 0 bridgehead atoms. The molecular weight excluding hydrogens is 346 g/mol.